The van der Waals surface area contributed by atoms with Gasteiger partial charge in [0.1, 0.15) is 11.5 Å². The van der Waals surface area contributed by atoms with Crippen molar-refractivity contribution >= 4 is 21.9 Å². The molecule has 0 aliphatic carbocycles. The highest BCUT2D eigenvalue weighted by atomic mass is 32.2. The number of carbonyl (C=O) groups excluding carboxylic acids is 2. The fourth-order valence-electron chi connectivity index (χ4n) is 2.92. The van der Waals surface area contributed by atoms with Crippen molar-refractivity contribution in [3.63, 3.8) is 0 Å². The minimum Gasteiger partial charge on any atom is -0.451 e. The Hall–Kier alpha value is -2.72. The largest absolute Gasteiger partial charge is 0.451 e. The fourth-order valence-corrected chi connectivity index (χ4v) is 4.37. The van der Waals surface area contributed by atoms with Crippen LogP contribution < -0.4 is 0 Å². The van der Waals surface area contributed by atoms with Gasteiger partial charge in [-0.2, -0.15) is 4.31 Å². The van der Waals surface area contributed by atoms with Crippen molar-refractivity contribution < 1.29 is 27.1 Å². The smallest absolute Gasteiger partial charge is 0.355 e. The Morgan fingerprint density at radius 3 is 2.43 bits per heavy atom. The highest BCUT2D eigenvalue weighted by Gasteiger charge is 2.30. The van der Waals surface area contributed by atoms with E-state index in [1.54, 1.807) is 29.9 Å². The van der Waals surface area contributed by atoms with Crippen LogP contribution in [0, 0.1) is 5.82 Å². The molecule has 0 atom stereocenters. The van der Waals surface area contributed by atoms with Crippen LogP contribution in [0.3, 0.4) is 0 Å². The molecule has 1 aliphatic rings. The van der Waals surface area contributed by atoms with Gasteiger partial charge in [0.2, 0.25) is 10.0 Å². The van der Waals surface area contributed by atoms with E-state index in [9.17, 15) is 22.4 Å². The van der Waals surface area contributed by atoms with Gasteiger partial charge in [0, 0.05) is 39.4 Å². The number of benzene rings is 1. The first kappa shape index (κ1) is 20.0. The number of aryl methyl sites for hydroxylation is 1. The minimum absolute atomic E-state index is 0.0797. The van der Waals surface area contributed by atoms with Gasteiger partial charge in [-0.25, -0.2) is 17.6 Å². The van der Waals surface area contributed by atoms with E-state index in [-0.39, 0.29) is 31.1 Å². The number of esters is 1. The van der Waals surface area contributed by atoms with Crippen LogP contribution in [0.1, 0.15) is 10.5 Å². The average molecular weight is 409 g/mol. The van der Waals surface area contributed by atoms with Crippen molar-refractivity contribution in [1.29, 1.82) is 0 Å². The van der Waals surface area contributed by atoms with Crippen molar-refractivity contribution in [2.24, 2.45) is 7.05 Å². The van der Waals surface area contributed by atoms with E-state index in [4.69, 9.17) is 4.74 Å². The number of ether oxygens (including phenoxy) is 1. The van der Waals surface area contributed by atoms with Crippen LogP contribution in [0.5, 0.6) is 0 Å². The summed E-state index contributed by atoms with van der Waals surface area (Å²) in [6.45, 7) is 0.0670. The lowest BCUT2D eigenvalue weighted by Gasteiger charge is -2.33. The first-order valence-electron chi connectivity index (χ1n) is 8.61. The second-order valence-electron chi connectivity index (χ2n) is 6.32. The topological polar surface area (TPSA) is 88.9 Å². The SMILES string of the molecule is Cn1cccc1C(=O)OCC(=O)N1CCN(S(=O)(=O)c2cccc(F)c2)CC1. The molecule has 0 bridgehead atoms. The normalized spacial score (nSPS) is 15.4. The Balaban J connectivity index is 1.54. The summed E-state index contributed by atoms with van der Waals surface area (Å²) < 4.78 is 46.3. The Labute approximate surface area is 162 Å². The number of rotatable bonds is 5. The zero-order valence-corrected chi connectivity index (χ0v) is 16.1. The molecule has 1 aromatic heterocycles. The van der Waals surface area contributed by atoms with Crippen LogP contribution in [0.15, 0.2) is 47.5 Å². The number of nitrogens with zero attached hydrogens (tertiary/aromatic N) is 3. The van der Waals surface area contributed by atoms with Gasteiger partial charge >= 0.3 is 5.97 Å². The van der Waals surface area contributed by atoms with E-state index in [1.807, 2.05) is 0 Å². The van der Waals surface area contributed by atoms with Gasteiger partial charge in [0.15, 0.2) is 6.61 Å². The summed E-state index contributed by atoms with van der Waals surface area (Å²) in [6, 6.07) is 8.09. The van der Waals surface area contributed by atoms with E-state index in [0.29, 0.717) is 5.69 Å². The highest BCUT2D eigenvalue weighted by molar-refractivity contribution is 7.89. The molecular weight excluding hydrogens is 389 g/mol. The number of hydrogen-bond donors (Lipinski definition) is 0. The van der Waals surface area contributed by atoms with Crippen LogP contribution in [-0.4, -0.2) is 66.9 Å². The second-order valence-corrected chi connectivity index (χ2v) is 8.26. The van der Waals surface area contributed by atoms with Crippen molar-refractivity contribution in [2.75, 3.05) is 32.8 Å². The molecule has 28 heavy (non-hydrogen) atoms. The molecule has 0 N–H and O–H groups in total. The molecule has 3 rings (SSSR count). The van der Waals surface area contributed by atoms with E-state index >= 15 is 0 Å². The van der Waals surface area contributed by atoms with Gasteiger partial charge in [0.25, 0.3) is 5.91 Å². The second kappa shape index (κ2) is 8.11. The summed E-state index contributed by atoms with van der Waals surface area (Å²) in [4.78, 5) is 25.5. The maximum absolute atomic E-state index is 13.3. The zero-order valence-electron chi connectivity index (χ0n) is 15.2. The van der Waals surface area contributed by atoms with Crippen molar-refractivity contribution in [3.8, 4) is 0 Å². The first-order valence-corrected chi connectivity index (χ1v) is 10.0. The van der Waals surface area contributed by atoms with Crippen LogP contribution in [0.2, 0.25) is 0 Å². The summed E-state index contributed by atoms with van der Waals surface area (Å²) in [7, 11) is -2.14. The van der Waals surface area contributed by atoms with E-state index in [1.165, 1.54) is 27.4 Å². The summed E-state index contributed by atoms with van der Waals surface area (Å²) in [5.41, 5.74) is 0.332. The molecule has 1 saturated heterocycles. The number of piperazine rings is 1. The fraction of sp³-hybridized carbons (Fsp3) is 0.333. The predicted molar refractivity (Wildman–Crippen MR) is 97.4 cm³/mol. The number of halogens is 1. The van der Waals surface area contributed by atoms with Crippen LogP contribution >= 0.6 is 0 Å². The Bertz CT molecular complexity index is 981. The van der Waals surface area contributed by atoms with Gasteiger partial charge in [0.05, 0.1) is 4.90 Å². The molecule has 0 radical (unpaired) electrons. The summed E-state index contributed by atoms with van der Waals surface area (Å²) in [5, 5.41) is 0. The molecule has 150 valence electrons. The zero-order chi connectivity index (χ0) is 20.3. The third kappa shape index (κ3) is 4.23. The molecule has 0 unspecified atom stereocenters. The molecule has 1 amide bonds. The maximum atomic E-state index is 13.3. The third-order valence-corrected chi connectivity index (χ3v) is 6.40. The van der Waals surface area contributed by atoms with Crippen LogP contribution in [-0.2, 0) is 26.6 Å². The van der Waals surface area contributed by atoms with Crippen molar-refractivity contribution in [1.82, 2.24) is 13.8 Å². The van der Waals surface area contributed by atoms with Crippen LogP contribution in [0.4, 0.5) is 4.39 Å². The number of carbonyl (C=O) groups is 2. The Kier molecular flexibility index (Phi) is 5.80. The van der Waals surface area contributed by atoms with Gasteiger partial charge in [-0.1, -0.05) is 6.07 Å². The van der Waals surface area contributed by atoms with Gasteiger partial charge in [-0.15, -0.1) is 0 Å². The molecule has 1 aromatic carbocycles. The summed E-state index contributed by atoms with van der Waals surface area (Å²) in [5.74, 6) is -1.63. The van der Waals surface area contributed by atoms with Crippen molar-refractivity contribution in [3.05, 3.63) is 54.1 Å². The molecule has 2 aromatic rings. The van der Waals surface area contributed by atoms with Gasteiger partial charge in [-0.3, -0.25) is 4.79 Å². The van der Waals surface area contributed by atoms with Gasteiger partial charge < -0.3 is 14.2 Å². The number of hydrogen-bond acceptors (Lipinski definition) is 5. The van der Waals surface area contributed by atoms with E-state index in [0.717, 1.165) is 6.07 Å². The Morgan fingerprint density at radius 1 is 1.11 bits per heavy atom. The van der Waals surface area contributed by atoms with E-state index in [2.05, 4.69) is 0 Å². The quantitative estimate of drug-likeness (QED) is 0.684. The number of amides is 1. The van der Waals surface area contributed by atoms with Crippen LogP contribution in [0.25, 0.3) is 0 Å². The summed E-state index contributed by atoms with van der Waals surface area (Å²) >= 11 is 0. The Morgan fingerprint density at radius 2 is 1.82 bits per heavy atom. The molecule has 1 fully saturated rings. The first-order chi connectivity index (χ1) is 13.3. The predicted octanol–water partition coefficient (Wildman–Crippen LogP) is 0.854. The number of sulfonamides is 1. The lowest BCUT2D eigenvalue weighted by Crippen LogP contribution is -2.51. The number of aromatic nitrogens is 1. The molecule has 2 heterocycles. The van der Waals surface area contributed by atoms with Gasteiger partial charge in [-0.05, 0) is 30.3 Å². The third-order valence-electron chi connectivity index (χ3n) is 4.50. The maximum Gasteiger partial charge on any atom is 0.355 e. The standard InChI is InChI=1S/C18H20FN3O5S/c1-20-7-3-6-16(20)18(24)27-13-17(23)21-8-10-22(11-9-21)28(25,26)15-5-2-4-14(19)12-15/h2-7,12H,8-11,13H2,1H3. The molecule has 10 heteroatoms. The molecule has 0 spiro atoms. The lowest BCUT2D eigenvalue weighted by molar-refractivity contribution is -0.135. The van der Waals surface area contributed by atoms with E-state index < -0.39 is 34.3 Å². The highest BCUT2D eigenvalue weighted by Crippen LogP contribution is 2.18. The monoisotopic (exact) mass is 409 g/mol. The molecular formula is C18H20FN3O5S. The molecule has 0 saturated carbocycles. The average Bonchev–Trinajstić information content (AvgIpc) is 3.12. The van der Waals surface area contributed by atoms with Crippen molar-refractivity contribution in [2.45, 2.75) is 4.90 Å². The molecule has 1 aliphatic heterocycles. The molecule has 8 nitrogen and oxygen atoms in total. The summed E-state index contributed by atoms with van der Waals surface area (Å²) in [6.07, 6.45) is 1.69. The minimum atomic E-state index is -3.83. The lowest BCUT2D eigenvalue weighted by atomic mass is 10.3.